The van der Waals surface area contributed by atoms with Crippen molar-refractivity contribution in [3.63, 3.8) is 0 Å². The summed E-state index contributed by atoms with van der Waals surface area (Å²) in [5, 5.41) is 2.61. The molecule has 1 spiro atoms. The number of anilines is 3. The van der Waals surface area contributed by atoms with Crippen molar-refractivity contribution in [3.8, 4) is 55.6 Å². The van der Waals surface area contributed by atoms with Gasteiger partial charge in [-0.3, -0.25) is 0 Å². The highest BCUT2D eigenvalue weighted by Crippen LogP contribution is 2.66. The molecule has 4 aliphatic rings. The van der Waals surface area contributed by atoms with Crippen molar-refractivity contribution in [2.24, 2.45) is 0 Å². The Morgan fingerprint density at radius 2 is 0.739 bits per heavy atom. The Labute approximate surface area is 407 Å². The van der Waals surface area contributed by atoms with Crippen molar-refractivity contribution in [3.05, 3.63) is 257 Å². The van der Waals surface area contributed by atoms with Crippen LogP contribution in [-0.2, 0) is 16.2 Å². The van der Waals surface area contributed by atoms with Crippen LogP contribution in [0.3, 0.4) is 0 Å². The zero-order valence-corrected chi connectivity index (χ0v) is 39.9. The predicted molar refractivity (Wildman–Crippen MR) is 291 cm³/mol. The molecule has 10 aromatic carbocycles. The molecule has 4 aliphatic carbocycles. The van der Waals surface area contributed by atoms with E-state index in [-0.39, 0.29) is 10.8 Å². The Hall–Kier alpha value is -7.78. The molecule has 1 heterocycles. The molecule has 0 saturated heterocycles. The number of fused-ring (bicyclic) bond motifs is 19. The van der Waals surface area contributed by atoms with Gasteiger partial charge in [-0.1, -0.05) is 191 Å². The van der Waals surface area contributed by atoms with E-state index in [2.05, 4.69) is 245 Å². The van der Waals surface area contributed by atoms with Crippen molar-refractivity contribution in [1.82, 2.24) is 0 Å². The molecule has 1 aromatic heterocycles. The van der Waals surface area contributed by atoms with Gasteiger partial charge in [-0.15, -0.1) is 11.3 Å². The molecule has 1 nitrogen and oxygen atoms in total. The van der Waals surface area contributed by atoms with Crippen LogP contribution in [0.15, 0.2) is 212 Å². The molecule has 0 fully saturated rings. The van der Waals surface area contributed by atoms with E-state index in [1.807, 2.05) is 11.3 Å². The lowest BCUT2D eigenvalue weighted by atomic mass is 9.70. The van der Waals surface area contributed by atoms with Gasteiger partial charge < -0.3 is 4.90 Å². The number of nitrogens with zero attached hydrogens (tertiary/aromatic N) is 1. The Morgan fingerprint density at radius 3 is 1.29 bits per heavy atom. The van der Waals surface area contributed by atoms with Crippen LogP contribution in [0, 0.1) is 0 Å². The van der Waals surface area contributed by atoms with E-state index >= 15 is 0 Å². The summed E-state index contributed by atoms with van der Waals surface area (Å²) < 4.78 is 2.61. The number of thiophene rings is 1. The van der Waals surface area contributed by atoms with Crippen LogP contribution in [0.4, 0.5) is 17.1 Å². The Balaban J connectivity index is 1.01. The first-order chi connectivity index (χ1) is 33.7. The molecule has 0 N–H and O–H groups in total. The number of rotatable bonds is 4. The molecule has 11 aromatic rings. The lowest BCUT2D eigenvalue weighted by molar-refractivity contribution is 0.660. The second-order valence-electron chi connectivity index (χ2n) is 20.7. The van der Waals surface area contributed by atoms with Crippen molar-refractivity contribution in [1.29, 1.82) is 0 Å². The lowest BCUT2D eigenvalue weighted by Crippen LogP contribution is -2.25. The summed E-state index contributed by atoms with van der Waals surface area (Å²) in [6, 6.07) is 81.0. The fourth-order valence-electron chi connectivity index (χ4n) is 13.6. The van der Waals surface area contributed by atoms with Crippen LogP contribution < -0.4 is 4.90 Å². The molecule has 0 unspecified atom stereocenters. The van der Waals surface area contributed by atoms with Crippen molar-refractivity contribution in [2.45, 2.75) is 43.9 Å². The lowest BCUT2D eigenvalue weighted by Gasteiger charge is -2.30. The molecule has 0 saturated carbocycles. The molecule has 15 rings (SSSR count). The average Bonchev–Trinajstić information content (AvgIpc) is 4.12. The van der Waals surface area contributed by atoms with Crippen molar-refractivity contribution < 1.29 is 0 Å². The zero-order chi connectivity index (χ0) is 46.0. The summed E-state index contributed by atoms with van der Waals surface area (Å²) in [6.45, 7) is 9.55. The van der Waals surface area contributed by atoms with E-state index in [0.717, 1.165) is 5.69 Å². The molecule has 0 bridgehead atoms. The smallest absolute Gasteiger partial charge is 0.0726 e. The highest BCUT2D eigenvalue weighted by molar-refractivity contribution is 7.26. The summed E-state index contributed by atoms with van der Waals surface area (Å²) in [6.07, 6.45) is 0. The van der Waals surface area contributed by atoms with E-state index in [4.69, 9.17) is 0 Å². The van der Waals surface area contributed by atoms with Crippen LogP contribution in [0.2, 0.25) is 0 Å². The molecular formula is C67H47NS. The van der Waals surface area contributed by atoms with Gasteiger partial charge in [0.1, 0.15) is 0 Å². The number of hydrogen-bond acceptors (Lipinski definition) is 2. The summed E-state index contributed by atoms with van der Waals surface area (Å²) in [5.74, 6) is 0. The van der Waals surface area contributed by atoms with Crippen molar-refractivity contribution in [2.75, 3.05) is 4.90 Å². The maximum Gasteiger partial charge on any atom is 0.0726 e. The molecular weight excluding hydrogens is 851 g/mol. The van der Waals surface area contributed by atoms with Gasteiger partial charge in [-0.25, -0.2) is 0 Å². The standard InChI is InChI=1S/C67H47NS/c1-65(2)52-25-13-8-20-44(52)48-33-30-42(37-57(48)65)68(43-31-34-49-45-21-9-14-26-53(45)66(3,4)58(49)38-43)41-32-35-60-51(36-41)64-61(69-60)39-59-63(62(64)40-18-6-5-7-19-40)50-24-12-17-29-56(50)67(59)54-27-15-10-22-46(54)47-23-11-16-28-55(47)67/h5-39H,1-4H3. The summed E-state index contributed by atoms with van der Waals surface area (Å²) in [4.78, 5) is 2.54. The number of benzene rings is 10. The van der Waals surface area contributed by atoms with Gasteiger partial charge >= 0.3 is 0 Å². The van der Waals surface area contributed by atoms with Crippen LogP contribution >= 0.6 is 11.3 Å². The van der Waals surface area contributed by atoms with Gasteiger partial charge in [0.05, 0.1) is 5.41 Å². The second-order valence-corrected chi connectivity index (χ2v) is 21.8. The fourth-order valence-corrected chi connectivity index (χ4v) is 14.8. The third kappa shape index (κ3) is 4.99. The topological polar surface area (TPSA) is 3.24 Å². The van der Waals surface area contributed by atoms with Gasteiger partial charge in [0.15, 0.2) is 0 Å². The zero-order valence-electron chi connectivity index (χ0n) is 39.1. The Kier molecular flexibility index (Phi) is 7.78. The van der Waals surface area contributed by atoms with Gasteiger partial charge in [0, 0.05) is 48.1 Å². The molecule has 326 valence electrons. The van der Waals surface area contributed by atoms with Gasteiger partial charge in [-0.2, -0.15) is 0 Å². The molecule has 0 amide bonds. The highest BCUT2D eigenvalue weighted by Gasteiger charge is 2.52. The maximum absolute atomic E-state index is 2.58. The fraction of sp³-hybridized carbons (Fsp3) is 0.104. The minimum Gasteiger partial charge on any atom is -0.310 e. The minimum atomic E-state index is -0.434. The van der Waals surface area contributed by atoms with E-state index in [1.54, 1.807) is 0 Å². The van der Waals surface area contributed by atoms with Gasteiger partial charge in [0.25, 0.3) is 0 Å². The maximum atomic E-state index is 2.58. The van der Waals surface area contributed by atoms with Crippen molar-refractivity contribution >= 4 is 48.6 Å². The largest absolute Gasteiger partial charge is 0.310 e. The Bertz CT molecular complexity index is 3880. The SMILES string of the molecule is CC1(C)c2ccccc2-c2ccc(N(c3ccc4c(c3)C(C)(C)c3ccccc3-4)c3ccc4sc5cc6c(c(-c7ccccc7)c5c4c3)-c3ccccc3C63c4ccccc4-c4ccccc43)cc21. The normalized spacial score (nSPS) is 15.3. The number of hydrogen-bond donors (Lipinski definition) is 0. The first-order valence-corrected chi connectivity index (χ1v) is 25.2. The summed E-state index contributed by atoms with van der Waals surface area (Å²) in [7, 11) is 0. The van der Waals surface area contributed by atoms with Crippen LogP contribution in [-0.4, -0.2) is 0 Å². The van der Waals surface area contributed by atoms with Crippen LogP contribution in [0.1, 0.15) is 72.2 Å². The summed E-state index contributed by atoms with van der Waals surface area (Å²) >= 11 is 1.93. The van der Waals surface area contributed by atoms with Gasteiger partial charge in [-0.05, 0) is 149 Å². The molecule has 0 radical (unpaired) electrons. The molecule has 0 atom stereocenters. The molecule has 69 heavy (non-hydrogen) atoms. The monoisotopic (exact) mass is 897 g/mol. The third-order valence-electron chi connectivity index (χ3n) is 16.7. The van der Waals surface area contributed by atoms with E-state index in [9.17, 15) is 0 Å². The highest BCUT2D eigenvalue weighted by atomic mass is 32.1. The quantitative estimate of drug-likeness (QED) is 0.170. The Morgan fingerprint density at radius 1 is 0.319 bits per heavy atom. The predicted octanol–water partition coefficient (Wildman–Crippen LogP) is 18.1. The third-order valence-corrected chi connectivity index (χ3v) is 17.8. The van der Waals surface area contributed by atoms with Gasteiger partial charge in [0.2, 0.25) is 0 Å². The van der Waals surface area contributed by atoms with Crippen LogP contribution in [0.5, 0.6) is 0 Å². The minimum absolute atomic E-state index is 0.137. The van der Waals surface area contributed by atoms with E-state index in [1.165, 1.54) is 132 Å². The molecule has 2 heteroatoms. The second kappa shape index (κ2) is 13.7. The molecule has 0 aliphatic heterocycles. The van der Waals surface area contributed by atoms with E-state index < -0.39 is 5.41 Å². The van der Waals surface area contributed by atoms with E-state index in [0.29, 0.717) is 0 Å². The first kappa shape index (κ1) is 39.2. The first-order valence-electron chi connectivity index (χ1n) is 24.4. The van der Waals surface area contributed by atoms with Crippen LogP contribution in [0.25, 0.3) is 75.8 Å². The summed E-state index contributed by atoms with van der Waals surface area (Å²) in [5.41, 5.74) is 27.0. The average molecular weight is 898 g/mol.